The summed E-state index contributed by atoms with van der Waals surface area (Å²) in [6.07, 6.45) is 1.45. The Morgan fingerprint density at radius 3 is 2.38 bits per heavy atom. The molecule has 7 nitrogen and oxygen atoms in total. The average molecular weight is 676 g/mol. The molecular formula is C27H24BrCl4N3O4. The molecule has 3 rings (SSSR count). The van der Waals surface area contributed by atoms with Crippen molar-refractivity contribution in [2.45, 2.75) is 26.5 Å². The molecule has 0 saturated heterocycles. The monoisotopic (exact) mass is 673 g/mol. The second-order valence-electron chi connectivity index (χ2n) is 8.62. The number of benzene rings is 3. The number of rotatable bonds is 10. The summed E-state index contributed by atoms with van der Waals surface area (Å²) in [5.74, 6) is -0.256. The van der Waals surface area contributed by atoms with E-state index in [0.29, 0.717) is 36.6 Å². The van der Waals surface area contributed by atoms with Crippen LogP contribution in [0, 0.1) is 5.92 Å². The first-order chi connectivity index (χ1) is 18.5. The number of hydrazone groups is 1. The topological polar surface area (TPSA) is 89.0 Å². The highest BCUT2D eigenvalue weighted by atomic mass is 79.9. The molecule has 206 valence electrons. The number of methoxy groups -OCH3 is 1. The van der Waals surface area contributed by atoms with Crippen molar-refractivity contribution in [3.8, 4) is 11.5 Å². The summed E-state index contributed by atoms with van der Waals surface area (Å²) < 4.78 is 12.0. The van der Waals surface area contributed by atoms with E-state index in [-0.39, 0.29) is 23.1 Å². The number of carbonyl (C=O) groups excluding carboxylic acids is 2. The first kappa shape index (κ1) is 31.0. The lowest BCUT2D eigenvalue weighted by molar-refractivity contribution is -0.123. The van der Waals surface area contributed by atoms with Crippen molar-refractivity contribution in [3.05, 3.63) is 89.8 Å². The summed E-state index contributed by atoms with van der Waals surface area (Å²) in [6.45, 7) is 3.81. The first-order valence-corrected chi connectivity index (χ1v) is 13.8. The van der Waals surface area contributed by atoms with E-state index in [1.807, 2.05) is 0 Å². The number of nitrogens with one attached hydrogen (secondary N) is 2. The Morgan fingerprint density at radius 1 is 1.00 bits per heavy atom. The fraction of sp³-hybridized carbons (Fsp3) is 0.222. The summed E-state index contributed by atoms with van der Waals surface area (Å²) >= 11 is 27.6. The van der Waals surface area contributed by atoms with Gasteiger partial charge in [0.05, 0.1) is 27.8 Å². The highest BCUT2D eigenvalue weighted by Crippen LogP contribution is 2.37. The minimum absolute atomic E-state index is 0.193. The summed E-state index contributed by atoms with van der Waals surface area (Å²) in [6, 6.07) is 12.2. The maximum absolute atomic E-state index is 12.8. The van der Waals surface area contributed by atoms with Gasteiger partial charge in [-0.15, -0.1) is 0 Å². The van der Waals surface area contributed by atoms with Crippen molar-refractivity contribution in [1.29, 1.82) is 0 Å². The largest absolute Gasteiger partial charge is 0.493 e. The molecule has 0 fully saturated rings. The van der Waals surface area contributed by atoms with Crippen molar-refractivity contribution in [2.75, 3.05) is 7.11 Å². The number of hydrogen-bond acceptors (Lipinski definition) is 5. The smallest absolute Gasteiger partial charge is 0.262 e. The Hall–Kier alpha value is -2.49. The van der Waals surface area contributed by atoms with Crippen LogP contribution in [0.3, 0.4) is 0 Å². The van der Waals surface area contributed by atoms with Crippen molar-refractivity contribution >= 4 is 80.4 Å². The molecule has 0 radical (unpaired) electrons. The second kappa shape index (κ2) is 14.2. The van der Waals surface area contributed by atoms with Crippen LogP contribution in [0.5, 0.6) is 11.5 Å². The van der Waals surface area contributed by atoms with E-state index in [9.17, 15) is 9.59 Å². The number of hydrogen-bond donors (Lipinski definition) is 2. The van der Waals surface area contributed by atoms with E-state index in [1.165, 1.54) is 31.5 Å². The fourth-order valence-corrected chi connectivity index (χ4v) is 4.72. The Morgan fingerprint density at radius 2 is 1.74 bits per heavy atom. The molecule has 3 aromatic carbocycles. The molecule has 0 spiro atoms. The third kappa shape index (κ3) is 8.50. The minimum atomic E-state index is -0.846. The lowest BCUT2D eigenvalue weighted by atomic mass is 10.0. The van der Waals surface area contributed by atoms with Crippen molar-refractivity contribution in [3.63, 3.8) is 0 Å². The average Bonchev–Trinajstić information content (AvgIpc) is 2.88. The Kier molecular flexibility index (Phi) is 11.3. The van der Waals surface area contributed by atoms with Gasteiger partial charge in [0.25, 0.3) is 11.8 Å². The van der Waals surface area contributed by atoms with Gasteiger partial charge in [0.1, 0.15) is 12.6 Å². The minimum Gasteiger partial charge on any atom is -0.493 e. The molecule has 3 aromatic rings. The van der Waals surface area contributed by atoms with Gasteiger partial charge in [-0.1, -0.05) is 66.3 Å². The maximum atomic E-state index is 12.8. The third-order valence-corrected chi connectivity index (χ3v) is 7.36. The summed E-state index contributed by atoms with van der Waals surface area (Å²) in [7, 11) is 1.51. The Balaban J connectivity index is 1.67. The van der Waals surface area contributed by atoms with E-state index in [0.717, 1.165) is 5.56 Å². The molecule has 0 saturated carbocycles. The standard InChI is InChI=1S/C27H24BrCl4N3O4/c1-14(2)24(34-26(36)16-5-7-20(30)22(32)10-16)27(37)35-33-12-15-8-19(28)25(23(9-15)38-3)39-13-17-4-6-18(29)11-21(17)31/h4-12,14,24H,13H2,1-3H3,(H,34,36)(H,35,37)/b33-12+. The van der Waals surface area contributed by atoms with Gasteiger partial charge < -0.3 is 14.8 Å². The lowest BCUT2D eigenvalue weighted by Crippen LogP contribution is -2.48. The number of nitrogens with zero attached hydrogens (tertiary/aromatic N) is 1. The Labute approximate surface area is 254 Å². The van der Waals surface area contributed by atoms with Gasteiger partial charge in [0.15, 0.2) is 11.5 Å². The predicted molar refractivity (Wildman–Crippen MR) is 160 cm³/mol. The van der Waals surface area contributed by atoms with Gasteiger partial charge in [-0.05, 0) is 69.9 Å². The van der Waals surface area contributed by atoms with Gasteiger partial charge in [-0.2, -0.15) is 5.10 Å². The molecule has 1 unspecified atom stereocenters. The molecule has 0 aliphatic rings. The molecule has 0 aliphatic carbocycles. The molecule has 12 heteroatoms. The first-order valence-electron chi connectivity index (χ1n) is 11.5. The van der Waals surface area contributed by atoms with Crippen LogP contribution in [-0.4, -0.2) is 31.2 Å². The van der Waals surface area contributed by atoms with Gasteiger partial charge in [0, 0.05) is 21.2 Å². The highest BCUT2D eigenvalue weighted by molar-refractivity contribution is 9.10. The molecular weight excluding hydrogens is 652 g/mol. The van der Waals surface area contributed by atoms with Crippen molar-refractivity contribution < 1.29 is 19.1 Å². The molecule has 0 bridgehead atoms. The highest BCUT2D eigenvalue weighted by Gasteiger charge is 2.25. The van der Waals surface area contributed by atoms with Crippen molar-refractivity contribution in [1.82, 2.24) is 10.7 Å². The summed E-state index contributed by atoms with van der Waals surface area (Å²) in [4.78, 5) is 25.5. The summed E-state index contributed by atoms with van der Waals surface area (Å²) in [5.41, 5.74) is 4.14. The molecule has 0 aromatic heterocycles. The van der Waals surface area contributed by atoms with E-state index in [2.05, 4.69) is 31.8 Å². The molecule has 0 heterocycles. The van der Waals surface area contributed by atoms with Crippen LogP contribution in [0.1, 0.15) is 35.3 Å². The van der Waals surface area contributed by atoms with Crippen molar-refractivity contribution in [2.24, 2.45) is 11.0 Å². The van der Waals surface area contributed by atoms with Crippen LogP contribution in [0.4, 0.5) is 0 Å². The zero-order valence-corrected chi connectivity index (χ0v) is 25.6. The SMILES string of the molecule is COc1cc(/C=N/NC(=O)C(NC(=O)c2ccc(Cl)c(Cl)c2)C(C)C)cc(Br)c1OCc1ccc(Cl)cc1Cl. The number of ether oxygens (including phenoxy) is 2. The zero-order chi connectivity index (χ0) is 28.7. The summed E-state index contributed by atoms with van der Waals surface area (Å²) in [5, 5.41) is 8.35. The lowest BCUT2D eigenvalue weighted by Gasteiger charge is -2.20. The van der Waals surface area contributed by atoms with Gasteiger partial charge in [-0.25, -0.2) is 5.43 Å². The second-order valence-corrected chi connectivity index (χ2v) is 11.1. The van der Waals surface area contributed by atoms with Crippen LogP contribution < -0.4 is 20.2 Å². The molecule has 0 aliphatic heterocycles. The van der Waals surface area contributed by atoms with Crippen LogP contribution in [0.2, 0.25) is 20.1 Å². The fourth-order valence-electron chi connectivity index (χ4n) is 3.38. The number of amides is 2. The van der Waals surface area contributed by atoms with E-state index in [1.54, 1.807) is 44.2 Å². The van der Waals surface area contributed by atoms with Crippen LogP contribution in [-0.2, 0) is 11.4 Å². The third-order valence-electron chi connectivity index (χ3n) is 5.44. The predicted octanol–water partition coefficient (Wildman–Crippen LogP) is 7.56. The zero-order valence-electron chi connectivity index (χ0n) is 21.0. The molecule has 1 atom stereocenters. The van der Waals surface area contributed by atoms with E-state index < -0.39 is 17.9 Å². The normalized spacial score (nSPS) is 11.9. The number of halogens is 5. The molecule has 2 amide bonds. The van der Waals surface area contributed by atoms with Gasteiger partial charge in [0.2, 0.25) is 0 Å². The maximum Gasteiger partial charge on any atom is 0.262 e. The van der Waals surface area contributed by atoms with Gasteiger partial charge in [-0.3, -0.25) is 9.59 Å². The Bertz CT molecular complexity index is 1400. The van der Waals surface area contributed by atoms with Crippen LogP contribution >= 0.6 is 62.3 Å². The van der Waals surface area contributed by atoms with E-state index in [4.69, 9.17) is 55.9 Å². The number of carbonyl (C=O) groups is 2. The molecule has 2 N–H and O–H groups in total. The van der Waals surface area contributed by atoms with Crippen LogP contribution in [0.15, 0.2) is 58.1 Å². The van der Waals surface area contributed by atoms with Gasteiger partial charge >= 0.3 is 0 Å². The van der Waals surface area contributed by atoms with E-state index >= 15 is 0 Å². The van der Waals surface area contributed by atoms with Crippen LogP contribution in [0.25, 0.3) is 0 Å². The molecule has 39 heavy (non-hydrogen) atoms. The quantitative estimate of drug-likeness (QED) is 0.172.